The average Bonchev–Trinajstić information content (AvgIpc) is 1.33. The lowest BCUT2D eigenvalue weighted by Gasteiger charge is -2.30. The number of ether oxygens (including phenoxy) is 5. The number of amides is 3. The number of aromatic nitrogens is 8. The third-order valence-electron chi connectivity index (χ3n) is 18.9. The van der Waals surface area contributed by atoms with Gasteiger partial charge in [0.2, 0.25) is 11.8 Å². The summed E-state index contributed by atoms with van der Waals surface area (Å²) in [5.41, 5.74) is 9.62. The highest BCUT2D eigenvalue weighted by Crippen LogP contribution is 2.54. The number of halogens is 1. The first kappa shape index (κ1) is 64.5. The highest BCUT2D eigenvalue weighted by atomic mass is 32.1. The number of nitrogens with zero attached hydrogens (tertiary/aromatic N) is 11. The van der Waals surface area contributed by atoms with E-state index in [2.05, 4.69) is 31.6 Å². The molecule has 3 N–H and O–H groups in total. The number of nitrogens with one attached hydrogen (secondary N) is 1. The second-order valence-corrected chi connectivity index (χ2v) is 28.0. The number of carbonyl (C=O) groups excluding carboxylic acids is 3. The van der Waals surface area contributed by atoms with Crippen LogP contribution in [0.2, 0.25) is 0 Å². The first-order valence-electron chi connectivity index (χ1n) is 32.9. The summed E-state index contributed by atoms with van der Waals surface area (Å²) < 4.78 is 52.0. The topological polar surface area (TPSA) is 247 Å². The Hall–Kier alpha value is -8.16. The van der Waals surface area contributed by atoms with E-state index in [0.29, 0.717) is 90.9 Å². The largest absolute Gasteiger partial charge is 0.486 e. The smallest absolute Gasteiger partial charge is 0.410 e. The van der Waals surface area contributed by atoms with Crippen LogP contribution in [0.15, 0.2) is 78.6 Å². The molecule has 8 heterocycles. The number of β-amino-alcohol motifs (C(OH)–C–C–N with tert-alkyl or cyclic N) is 1. The Bertz CT molecular complexity index is 4080. The Labute approximate surface area is 549 Å². The van der Waals surface area contributed by atoms with Crippen LogP contribution in [0.5, 0.6) is 11.8 Å². The number of hydrogen-bond donors (Lipinski definition) is 3. The first-order chi connectivity index (χ1) is 45.3. The van der Waals surface area contributed by atoms with E-state index in [1.807, 2.05) is 108 Å². The van der Waals surface area contributed by atoms with E-state index in [0.717, 1.165) is 87.7 Å². The van der Waals surface area contributed by atoms with Gasteiger partial charge in [0.1, 0.15) is 47.1 Å². The molecule has 0 bridgehead atoms. The van der Waals surface area contributed by atoms with Crippen LogP contribution in [-0.2, 0) is 30.4 Å². The van der Waals surface area contributed by atoms with Crippen molar-refractivity contribution in [1.82, 2.24) is 54.8 Å². The van der Waals surface area contributed by atoms with E-state index in [-0.39, 0.29) is 74.1 Å². The molecule has 0 radical (unpaired) electrons. The van der Waals surface area contributed by atoms with Gasteiger partial charge in [-0.25, -0.2) is 23.5 Å². The van der Waals surface area contributed by atoms with Crippen LogP contribution in [0.3, 0.4) is 0 Å². The van der Waals surface area contributed by atoms with E-state index in [1.165, 1.54) is 20.9 Å². The number of likely N-dealkylation sites (N-methyl/N-ethyl adjacent to an activating group) is 1. The van der Waals surface area contributed by atoms with E-state index in [4.69, 9.17) is 38.8 Å². The average molecular weight is 1300 g/mol. The number of rotatable bonds is 20. The lowest BCUT2D eigenvalue weighted by molar-refractivity contribution is -0.142. The molecule has 4 saturated heterocycles. The molecule has 24 heteroatoms. The molecule has 8 aromatic rings. The molecule has 5 aliphatic rings. The Morgan fingerprint density at radius 3 is 2.40 bits per heavy atom. The summed E-state index contributed by atoms with van der Waals surface area (Å²) in [5, 5.41) is 39.9. The number of carbonyl (C=O) groups is 3. The second-order valence-electron chi connectivity index (χ2n) is 27.2. The molecular formula is C70H83FN12O10S. The van der Waals surface area contributed by atoms with Gasteiger partial charge in [-0.05, 0) is 125 Å². The van der Waals surface area contributed by atoms with E-state index in [9.17, 15) is 24.6 Å². The van der Waals surface area contributed by atoms with Gasteiger partial charge in [-0.1, -0.05) is 67.6 Å². The number of likely N-dealkylation sites (tertiary alicyclic amines) is 2. The molecule has 1 saturated carbocycles. The fraction of sp³-hybridized carbons (Fsp3) is 0.500. The lowest BCUT2D eigenvalue weighted by atomic mass is 9.88. The molecule has 4 aromatic heterocycles. The third kappa shape index (κ3) is 13.3. The van der Waals surface area contributed by atoms with Gasteiger partial charge < -0.3 is 53.9 Å². The highest BCUT2D eigenvalue weighted by Gasteiger charge is 2.44. The summed E-state index contributed by atoms with van der Waals surface area (Å²) >= 11 is 1.54. The maximum Gasteiger partial charge on any atom is 0.410 e. The number of thiazole rings is 1. The first-order valence-corrected chi connectivity index (χ1v) is 33.8. The summed E-state index contributed by atoms with van der Waals surface area (Å²) in [5.74, 6) is -0.272. The summed E-state index contributed by atoms with van der Waals surface area (Å²) in [6.07, 6.45) is 7.87. The minimum absolute atomic E-state index is 0.0265. The molecule has 5 fully saturated rings. The molecule has 3 amide bonds. The summed E-state index contributed by atoms with van der Waals surface area (Å²) in [4.78, 5) is 63.5. The van der Waals surface area contributed by atoms with Crippen LogP contribution in [-0.4, -0.2) is 161 Å². The SMILES string of the molecule is Cc1ncsc1-c1ccc([C@H](CO)NC(=O)[C@@H]2C[C@@H](O)CN2C(=O)[C@H](C(C)C)n2cc(-c3ccc(COc4c(-c5c(C)c(F)cc6c5cnn6C5CCCCO5)c(C5CC5)cc5c(N(C)[C@H]6CCN(C(=O)OC(C)(C)C)C6)nc(OC[C@@H]6CCOC6)nc45)cc3)nn2)cc1. The van der Waals surface area contributed by atoms with E-state index in [1.54, 1.807) is 29.6 Å². The van der Waals surface area contributed by atoms with Gasteiger partial charge in [-0.3, -0.25) is 9.59 Å². The van der Waals surface area contributed by atoms with Crippen LogP contribution in [0.25, 0.3) is 54.6 Å². The summed E-state index contributed by atoms with van der Waals surface area (Å²) in [7, 11) is 1.99. The number of anilines is 1. The third-order valence-corrected chi connectivity index (χ3v) is 19.9. The molecule has 13 rings (SSSR count). The second kappa shape index (κ2) is 26.9. The van der Waals surface area contributed by atoms with E-state index >= 15 is 4.39 Å². The summed E-state index contributed by atoms with van der Waals surface area (Å²) in [6, 6.07) is 16.4. The van der Waals surface area contributed by atoms with Crippen molar-refractivity contribution in [2.45, 2.75) is 154 Å². The maximum atomic E-state index is 17.0. The molecule has 4 aliphatic heterocycles. The lowest BCUT2D eigenvalue weighted by Crippen LogP contribution is -2.50. The minimum atomic E-state index is -1.00. The Morgan fingerprint density at radius 2 is 1.71 bits per heavy atom. The molecule has 22 nitrogen and oxygen atoms in total. The van der Waals surface area contributed by atoms with Crippen LogP contribution in [0, 0.1) is 31.5 Å². The number of aliphatic hydroxyl groups is 2. The van der Waals surface area contributed by atoms with E-state index < -0.39 is 41.6 Å². The molecule has 94 heavy (non-hydrogen) atoms. The molecule has 496 valence electrons. The molecular weight excluding hydrogens is 1220 g/mol. The van der Waals surface area contributed by atoms with Crippen molar-refractivity contribution in [3.05, 3.63) is 112 Å². The zero-order valence-corrected chi connectivity index (χ0v) is 55.4. The standard InChI is InChI=1S/C70H83FN12O10S/c1-39(2)62(67(87)81-32-49(85)27-57(81)66(86)74-55(34-84)46-18-20-47(21-19-46)64-41(4)72-38-94-64)82-33-54(77-78-82)45-14-12-42(13-15-45)36-91-63-60(59-40(3)53(71)29-56-52(59)30-73-83(56)58-11-9-10-25-90-58)50(44-16-17-44)28-51-61(63)75-68(92-37-43-23-26-89-35-43)76-65(51)79(8)48-22-24-80(31-48)69(88)93-70(5,6)7/h12-15,18-21,28-30,33,38-39,43-44,48-49,55,57-58,62,84-85H,9-11,16-17,22-27,31-32,34-37H2,1-8H3,(H,74,86)/t43-,48+,49-,55+,57+,58?,62+/m1/s1. The van der Waals surface area contributed by atoms with Crippen LogP contribution >= 0.6 is 11.3 Å². The predicted molar refractivity (Wildman–Crippen MR) is 353 cm³/mol. The zero-order chi connectivity index (χ0) is 65.7. The molecule has 1 aliphatic carbocycles. The van der Waals surface area contributed by atoms with Crippen molar-refractivity contribution < 1.29 is 52.7 Å². The fourth-order valence-corrected chi connectivity index (χ4v) is 14.4. The van der Waals surface area contributed by atoms with Gasteiger partial charge in [0.05, 0.1) is 66.0 Å². The Kier molecular flexibility index (Phi) is 18.5. The number of aryl methyl sites for hydroxylation is 1. The Balaban J connectivity index is 0.817. The maximum absolute atomic E-state index is 17.0. The van der Waals surface area contributed by atoms with Gasteiger partial charge in [-0.15, -0.1) is 16.4 Å². The van der Waals surface area contributed by atoms with Crippen molar-refractivity contribution in [3.8, 4) is 44.6 Å². The van der Waals surface area contributed by atoms with Crippen LogP contribution < -0.4 is 19.7 Å². The number of aliphatic hydroxyl groups excluding tert-OH is 2. The Morgan fingerprint density at radius 1 is 0.926 bits per heavy atom. The normalized spacial score (nSPS) is 20.7. The monoisotopic (exact) mass is 1300 g/mol. The molecule has 0 spiro atoms. The number of benzene rings is 4. The quantitative estimate of drug-likeness (QED) is 0.0642. The minimum Gasteiger partial charge on any atom is -0.486 e. The van der Waals surface area contributed by atoms with Crippen molar-refractivity contribution in [3.63, 3.8) is 0 Å². The van der Waals surface area contributed by atoms with Crippen molar-refractivity contribution >= 4 is 56.9 Å². The van der Waals surface area contributed by atoms with Gasteiger partial charge in [-0.2, -0.15) is 15.1 Å². The van der Waals surface area contributed by atoms with Gasteiger partial charge in [0.25, 0.3) is 0 Å². The van der Waals surface area contributed by atoms with Crippen molar-refractivity contribution in [2.75, 3.05) is 64.6 Å². The van der Waals surface area contributed by atoms with Gasteiger partial charge >= 0.3 is 12.1 Å². The number of hydrogen-bond acceptors (Lipinski definition) is 18. The van der Waals surface area contributed by atoms with Crippen molar-refractivity contribution in [2.24, 2.45) is 11.8 Å². The number of fused-ring (bicyclic) bond motifs is 2. The highest BCUT2D eigenvalue weighted by molar-refractivity contribution is 7.13. The van der Waals surface area contributed by atoms with Crippen molar-refractivity contribution in [1.29, 1.82) is 0 Å². The fourth-order valence-electron chi connectivity index (χ4n) is 13.6. The van der Waals surface area contributed by atoms with Crippen LogP contribution in [0.4, 0.5) is 15.0 Å². The van der Waals surface area contributed by atoms with Gasteiger partial charge in [0, 0.05) is 91.8 Å². The zero-order valence-electron chi connectivity index (χ0n) is 54.6. The predicted octanol–water partition coefficient (Wildman–Crippen LogP) is 10.8. The van der Waals surface area contributed by atoms with Crippen LogP contribution in [0.1, 0.15) is 138 Å². The molecule has 4 aromatic carbocycles. The summed E-state index contributed by atoms with van der Waals surface area (Å²) in [6.45, 7) is 15.8. The van der Waals surface area contributed by atoms with Gasteiger partial charge in [0.15, 0.2) is 12.0 Å². The molecule has 1 unspecified atom stereocenters. The molecule has 7 atom stereocenters.